The minimum absolute atomic E-state index is 0.0905. The fraction of sp³-hybridized carbons (Fsp3) is 0.467. The van der Waals surface area contributed by atoms with Gasteiger partial charge in [0.15, 0.2) is 5.13 Å². The van der Waals surface area contributed by atoms with Crippen LogP contribution in [-0.4, -0.2) is 33.8 Å². The summed E-state index contributed by atoms with van der Waals surface area (Å²) in [6, 6.07) is 1.80. The first-order valence-electron chi connectivity index (χ1n) is 7.34. The molecule has 0 aromatic carbocycles. The summed E-state index contributed by atoms with van der Waals surface area (Å²) in [7, 11) is 1.33. The van der Waals surface area contributed by atoms with Crippen LogP contribution in [0.4, 0.5) is 5.13 Å². The molecule has 0 radical (unpaired) electrons. The molecule has 2 aromatic heterocycles. The molecular weight excluding hydrogens is 316 g/mol. The van der Waals surface area contributed by atoms with Gasteiger partial charge in [-0.3, -0.25) is 19.6 Å². The van der Waals surface area contributed by atoms with Crippen LogP contribution < -0.4 is 5.32 Å². The molecule has 8 heteroatoms. The molecule has 0 saturated carbocycles. The van der Waals surface area contributed by atoms with E-state index in [0.29, 0.717) is 23.1 Å². The number of carbonyl (C=O) groups excluding carboxylic acids is 2. The van der Waals surface area contributed by atoms with Gasteiger partial charge in [-0.1, -0.05) is 13.8 Å². The molecule has 0 bridgehead atoms. The summed E-state index contributed by atoms with van der Waals surface area (Å²) in [6.07, 6.45) is 0.0905. The SMILES string of the molecule is CCn1nc(C(C)C)cc1C(=O)Nc1nc(CC(=O)OC)cs1. The Hall–Kier alpha value is -2.22. The number of esters is 1. The highest BCUT2D eigenvalue weighted by molar-refractivity contribution is 7.14. The number of ether oxygens (including phenoxy) is 1. The Labute approximate surface area is 138 Å². The van der Waals surface area contributed by atoms with Gasteiger partial charge in [-0.05, 0) is 18.9 Å². The zero-order chi connectivity index (χ0) is 17.0. The first kappa shape index (κ1) is 17.1. The van der Waals surface area contributed by atoms with Crippen LogP contribution in [0.1, 0.15) is 48.6 Å². The van der Waals surface area contributed by atoms with Crippen molar-refractivity contribution in [3.8, 4) is 0 Å². The predicted molar refractivity (Wildman–Crippen MR) is 87.8 cm³/mol. The van der Waals surface area contributed by atoms with Crippen molar-refractivity contribution in [2.45, 2.75) is 39.7 Å². The topological polar surface area (TPSA) is 86.1 Å². The third kappa shape index (κ3) is 4.16. The first-order valence-corrected chi connectivity index (χ1v) is 8.22. The van der Waals surface area contributed by atoms with Crippen molar-refractivity contribution < 1.29 is 14.3 Å². The molecule has 124 valence electrons. The number of amides is 1. The Kier molecular flexibility index (Phi) is 5.49. The number of nitrogens with zero attached hydrogens (tertiary/aromatic N) is 3. The molecule has 0 atom stereocenters. The van der Waals surface area contributed by atoms with E-state index in [9.17, 15) is 9.59 Å². The molecule has 0 unspecified atom stereocenters. The fourth-order valence-electron chi connectivity index (χ4n) is 1.97. The van der Waals surface area contributed by atoms with E-state index in [4.69, 9.17) is 0 Å². The van der Waals surface area contributed by atoms with Crippen molar-refractivity contribution in [2.75, 3.05) is 12.4 Å². The van der Waals surface area contributed by atoms with E-state index in [-0.39, 0.29) is 24.2 Å². The maximum atomic E-state index is 12.4. The Bertz CT molecular complexity index is 705. The number of nitrogens with one attached hydrogen (secondary N) is 1. The number of thiazole rings is 1. The fourth-order valence-corrected chi connectivity index (χ4v) is 2.67. The number of rotatable bonds is 6. The molecule has 0 aliphatic rings. The van der Waals surface area contributed by atoms with E-state index in [1.54, 1.807) is 16.1 Å². The Balaban J connectivity index is 2.11. The molecule has 2 rings (SSSR count). The lowest BCUT2D eigenvalue weighted by atomic mass is 10.1. The summed E-state index contributed by atoms with van der Waals surface area (Å²) in [4.78, 5) is 27.9. The molecule has 23 heavy (non-hydrogen) atoms. The molecule has 0 aliphatic heterocycles. The zero-order valence-electron chi connectivity index (χ0n) is 13.6. The van der Waals surface area contributed by atoms with Crippen LogP contribution >= 0.6 is 11.3 Å². The number of aryl methyl sites for hydroxylation is 1. The largest absolute Gasteiger partial charge is 0.469 e. The highest BCUT2D eigenvalue weighted by Crippen LogP contribution is 2.19. The molecule has 0 fully saturated rings. The van der Waals surface area contributed by atoms with Crippen LogP contribution in [0.2, 0.25) is 0 Å². The zero-order valence-corrected chi connectivity index (χ0v) is 14.4. The van der Waals surface area contributed by atoms with Crippen molar-refractivity contribution >= 4 is 28.3 Å². The third-order valence-corrected chi connectivity index (χ3v) is 4.05. The monoisotopic (exact) mass is 336 g/mol. The van der Waals surface area contributed by atoms with Gasteiger partial charge in [0.2, 0.25) is 0 Å². The van der Waals surface area contributed by atoms with E-state index in [2.05, 4.69) is 20.1 Å². The van der Waals surface area contributed by atoms with Gasteiger partial charge in [-0.15, -0.1) is 11.3 Å². The summed E-state index contributed by atoms with van der Waals surface area (Å²) in [5.74, 6) is -0.370. The normalized spacial score (nSPS) is 10.8. The summed E-state index contributed by atoms with van der Waals surface area (Å²) in [5.41, 5.74) is 1.95. The molecule has 1 N–H and O–H groups in total. The van der Waals surface area contributed by atoms with Crippen LogP contribution in [0.25, 0.3) is 0 Å². The number of methoxy groups -OCH3 is 1. The second-order valence-corrected chi connectivity index (χ2v) is 6.13. The van der Waals surface area contributed by atoms with Crippen LogP contribution in [0.15, 0.2) is 11.4 Å². The van der Waals surface area contributed by atoms with Gasteiger partial charge in [0.1, 0.15) is 5.69 Å². The molecule has 0 spiro atoms. The van der Waals surface area contributed by atoms with E-state index in [0.717, 1.165) is 5.69 Å². The van der Waals surface area contributed by atoms with Gasteiger partial charge in [0.05, 0.1) is 24.9 Å². The number of carbonyl (C=O) groups is 2. The summed E-state index contributed by atoms with van der Waals surface area (Å²) < 4.78 is 6.27. The minimum Gasteiger partial charge on any atom is -0.469 e. The van der Waals surface area contributed by atoms with E-state index < -0.39 is 0 Å². The van der Waals surface area contributed by atoms with E-state index in [1.165, 1.54) is 18.4 Å². The number of hydrogen-bond donors (Lipinski definition) is 1. The van der Waals surface area contributed by atoms with Gasteiger partial charge < -0.3 is 4.74 Å². The van der Waals surface area contributed by atoms with Crippen LogP contribution in [0.5, 0.6) is 0 Å². The maximum absolute atomic E-state index is 12.4. The van der Waals surface area contributed by atoms with Crippen LogP contribution in [0.3, 0.4) is 0 Å². The van der Waals surface area contributed by atoms with E-state index >= 15 is 0 Å². The van der Waals surface area contributed by atoms with Gasteiger partial charge in [0.25, 0.3) is 5.91 Å². The first-order chi connectivity index (χ1) is 10.9. The molecular formula is C15H20N4O3S. The Morgan fingerprint density at radius 2 is 2.17 bits per heavy atom. The highest BCUT2D eigenvalue weighted by atomic mass is 32.1. The van der Waals surface area contributed by atoms with Crippen molar-refractivity contribution in [2.24, 2.45) is 0 Å². The van der Waals surface area contributed by atoms with Crippen molar-refractivity contribution in [1.29, 1.82) is 0 Å². The van der Waals surface area contributed by atoms with Gasteiger partial charge in [-0.25, -0.2) is 4.98 Å². The second-order valence-electron chi connectivity index (χ2n) is 5.28. The average Bonchev–Trinajstić information content (AvgIpc) is 3.13. The molecule has 2 aromatic rings. The lowest BCUT2D eigenvalue weighted by Crippen LogP contribution is -2.17. The third-order valence-electron chi connectivity index (χ3n) is 3.25. The maximum Gasteiger partial charge on any atom is 0.311 e. The highest BCUT2D eigenvalue weighted by Gasteiger charge is 2.17. The van der Waals surface area contributed by atoms with Crippen molar-refractivity contribution in [1.82, 2.24) is 14.8 Å². The molecule has 0 saturated heterocycles. The lowest BCUT2D eigenvalue weighted by molar-refractivity contribution is -0.139. The average molecular weight is 336 g/mol. The quantitative estimate of drug-likeness (QED) is 0.819. The lowest BCUT2D eigenvalue weighted by Gasteiger charge is -2.03. The van der Waals surface area contributed by atoms with Crippen LogP contribution in [-0.2, 0) is 22.5 Å². The van der Waals surface area contributed by atoms with Crippen LogP contribution in [0, 0.1) is 0 Å². The summed E-state index contributed by atoms with van der Waals surface area (Å²) in [5, 5.41) is 9.35. The molecule has 2 heterocycles. The second kappa shape index (κ2) is 7.36. The summed E-state index contributed by atoms with van der Waals surface area (Å²) in [6.45, 7) is 6.61. The van der Waals surface area contributed by atoms with Crippen molar-refractivity contribution in [3.05, 3.63) is 28.5 Å². The van der Waals surface area contributed by atoms with Gasteiger partial charge >= 0.3 is 5.97 Å². The Morgan fingerprint density at radius 3 is 2.78 bits per heavy atom. The number of anilines is 1. The van der Waals surface area contributed by atoms with Crippen molar-refractivity contribution in [3.63, 3.8) is 0 Å². The summed E-state index contributed by atoms with van der Waals surface area (Å²) >= 11 is 1.27. The molecule has 0 aliphatic carbocycles. The van der Waals surface area contributed by atoms with Gasteiger partial charge in [-0.2, -0.15) is 5.10 Å². The predicted octanol–water partition coefficient (Wildman–Crippen LogP) is 2.45. The smallest absolute Gasteiger partial charge is 0.311 e. The molecule has 7 nitrogen and oxygen atoms in total. The molecule has 1 amide bonds. The number of aromatic nitrogens is 3. The number of hydrogen-bond acceptors (Lipinski definition) is 6. The van der Waals surface area contributed by atoms with Gasteiger partial charge in [0, 0.05) is 11.9 Å². The Morgan fingerprint density at radius 1 is 1.43 bits per heavy atom. The standard InChI is InChI=1S/C15H20N4O3S/c1-5-19-12(7-11(18-19)9(2)3)14(21)17-15-16-10(8-23-15)6-13(20)22-4/h7-9H,5-6H2,1-4H3,(H,16,17,21). The van der Waals surface area contributed by atoms with E-state index in [1.807, 2.05) is 20.8 Å². The minimum atomic E-state index is -0.362.